The summed E-state index contributed by atoms with van der Waals surface area (Å²) in [7, 11) is 0. The van der Waals surface area contributed by atoms with E-state index >= 15 is 0 Å². The van der Waals surface area contributed by atoms with Crippen LogP contribution in [0.15, 0.2) is 11.6 Å². The molecule has 0 saturated carbocycles. The summed E-state index contributed by atoms with van der Waals surface area (Å²) in [4.78, 5) is 11.3. The molecule has 0 amide bonds. The maximum absolute atomic E-state index is 13.5. The normalized spacial score (nSPS) is 16.0. The summed E-state index contributed by atoms with van der Waals surface area (Å²) in [6, 6.07) is 0. The van der Waals surface area contributed by atoms with Crippen LogP contribution in [-0.4, -0.2) is 59.7 Å². The number of halogens is 18. The fourth-order valence-corrected chi connectivity index (χ4v) is 2.05. The van der Waals surface area contributed by atoms with Gasteiger partial charge in [0.1, 0.15) is 0 Å². The van der Waals surface area contributed by atoms with Crippen molar-refractivity contribution < 1.29 is 84.2 Å². The van der Waals surface area contributed by atoms with Gasteiger partial charge in [0.15, 0.2) is 0 Å². The highest BCUT2D eigenvalue weighted by Gasteiger charge is 2.95. The van der Waals surface area contributed by atoms with E-state index in [1.165, 1.54) is 0 Å². The van der Waals surface area contributed by atoms with Crippen LogP contribution in [0.5, 0.6) is 0 Å². The van der Waals surface area contributed by atoms with Crippen molar-refractivity contribution in [1.29, 1.82) is 0 Å². The second-order valence-corrected chi connectivity index (χ2v) is 6.39. The maximum Gasteiger partial charge on any atom is 0.473 e. The van der Waals surface area contributed by atoms with E-state index < -0.39 is 65.2 Å². The van der Waals surface area contributed by atoms with Crippen LogP contribution >= 0.6 is 11.6 Å². The molecule has 0 radical (unpaired) electrons. The SMILES string of the molecule is CCC=C(CCl)C(=O)OC(F)(F)C(F)(F)C(F)(F)C(F)(F)C(F)(F)C(F)(F)C(F)(F)C(F)(F)F. The number of rotatable bonds is 10. The second kappa shape index (κ2) is 9.07. The van der Waals surface area contributed by atoms with Gasteiger partial charge in [-0.25, -0.2) is 4.79 Å². The number of carbonyl (C=O) groups is 1. The van der Waals surface area contributed by atoms with Crippen molar-refractivity contribution >= 4 is 17.6 Å². The van der Waals surface area contributed by atoms with E-state index in [0.717, 1.165) is 6.92 Å². The fraction of sp³-hybridized carbons (Fsp3) is 0.786. The average molecular weight is 567 g/mol. The van der Waals surface area contributed by atoms with Crippen molar-refractivity contribution in [2.45, 2.75) is 61.2 Å². The molecule has 20 heteroatoms. The first-order valence-electron chi connectivity index (χ1n) is 7.85. The van der Waals surface area contributed by atoms with E-state index in [9.17, 15) is 79.4 Å². The van der Waals surface area contributed by atoms with Gasteiger partial charge in [0.05, 0.1) is 5.88 Å². The van der Waals surface area contributed by atoms with Crippen molar-refractivity contribution in [3.8, 4) is 0 Å². The third kappa shape index (κ3) is 4.59. The Labute approximate surface area is 181 Å². The smallest absolute Gasteiger partial charge is 0.392 e. The Bertz CT molecular complexity index is 784. The van der Waals surface area contributed by atoms with Gasteiger partial charge in [0, 0.05) is 5.57 Å². The molecule has 0 aliphatic rings. The number of carbonyl (C=O) groups excluding carboxylic acids is 1. The van der Waals surface area contributed by atoms with E-state index in [1.807, 2.05) is 0 Å². The Hall–Kier alpha value is -1.69. The fourth-order valence-electron chi connectivity index (χ4n) is 1.83. The van der Waals surface area contributed by atoms with Crippen LogP contribution in [0.1, 0.15) is 13.3 Å². The molecule has 0 aromatic rings. The molecule has 34 heavy (non-hydrogen) atoms. The molecular weight excluding hydrogens is 559 g/mol. The van der Waals surface area contributed by atoms with Crippen LogP contribution in [0.3, 0.4) is 0 Å². The summed E-state index contributed by atoms with van der Waals surface area (Å²) in [6.07, 6.45) is -14.8. The Morgan fingerprint density at radius 1 is 0.647 bits per heavy atom. The topological polar surface area (TPSA) is 26.3 Å². The highest BCUT2D eigenvalue weighted by atomic mass is 35.5. The molecular formula is C14H8ClF17O2. The van der Waals surface area contributed by atoms with Gasteiger partial charge >= 0.3 is 53.8 Å². The highest BCUT2D eigenvalue weighted by molar-refractivity contribution is 6.22. The van der Waals surface area contributed by atoms with E-state index in [0.29, 0.717) is 6.08 Å². The number of esters is 1. The van der Waals surface area contributed by atoms with Crippen molar-refractivity contribution in [2.75, 3.05) is 5.88 Å². The molecule has 202 valence electrons. The molecule has 0 N–H and O–H groups in total. The van der Waals surface area contributed by atoms with E-state index in [2.05, 4.69) is 4.74 Å². The number of hydrogen-bond acceptors (Lipinski definition) is 2. The van der Waals surface area contributed by atoms with E-state index in [1.54, 1.807) is 0 Å². The van der Waals surface area contributed by atoms with Crippen molar-refractivity contribution in [2.24, 2.45) is 0 Å². The Balaban J connectivity index is 6.66. The van der Waals surface area contributed by atoms with Crippen LogP contribution in [-0.2, 0) is 9.53 Å². The molecule has 0 aromatic heterocycles. The zero-order valence-corrected chi connectivity index (χ0v) is 16.4. The Morgan fingerprint density at radius 3 is 1.26 bits per heavy atom. The molecule has 0 saturated heterocycles. The first-order valence-corrected chi connectivity index (χ1v) is 8.38. The van der Waals surface area contributed by atoms with Crippen LogP contribution in [0, 0.1) is 0 Å². The second-order valence-electron chi connectivity index (χ2n) is 6.12. The molecule has 0 fully saturated rings. The third-order valence-electron chi connectivity index (χ3n) is 3.77. The molecule has 0 atom stereocenters. The minimum atomic E-state index is -8.75. The van der Waals surface area contributed by atoms with Gasteiger partial charge in [-0.3, -0.25) is 0 Å². The third-order valence-corrected chi connectivity index (χ3v) is 4.06. The molecule has 0 heterocycles. The lowest BCUT2D eigenvalue weighted by atomic mass is 9.90. The Morgan fingerprint density at radius 2 is 0.971 bits per heavy atom. The summed E-state index contributed by atoms with van der Waals surface area (Å²) in [5.41, 5.74) is -1.20. The van der Waals surface area contributed by atoms with Gasteiger partial charge in [-0.05, 0) is 6.42 Å². The van der Waals surface area contributed by atoms with Crippen molar-refractivity contribution in [3.05, 3.63) is 11.6 Å². The van der Waals surface area contributed by atoms with Crippen LogP contribution in [0.4, 0.5) is 74.6 Å². The summed E-state index contributed by atoms with van der Waals surface area (Å²) in [5, 5.41) is 0. The first kappa shape index (κ1) is 32.3. The van der Waals surface area contributed by atoms with Gasteiger partial charge < -0.3 is 4.74 Å². The summed E-state index contributed by atoms with van der Waals surface area (Å²) < 4.78 is 224. The molecule has 2 nitrogen and oxygen atoms in total. The van der Waals surface area contributed by atoms with Gasteiger partial charge in [-0.1, -0.05) is 13.0 Å². The number of hydrogen-bond donors (Lipinski definition) is 0. The first-order chi connectivity index (χ1) is 14.7. The summed E-state index contributed by atoms with van der Waals surface area (Å²) in [5.74, 6) is -54.9. The molecule has 0 rings (SSSR count). The standard InChI is InChI=1S/C14H8ClF17O2/c1-2-3-5(4-15)6(33)34-14(31,32)12(26,27)10(22,23)8(18,19)7(16,17)9(20,21)11(24,25)13(28,29)30/h3H,2,4H2,1H3. The van der Waals surface area contributed by atoms with Gasteiger partial charge in [0.25, 0.3) is 0 Å². The predicted octanol–water partition coefficient (Wildman–Crippen LogP) is 7.07. The van der Waals surface area contributed by atoms with Crippen LogP contribution < -0.4 is 0 Å². The number of ether oxygens (including phenoxy) is 1. The molecule has 0 unspecified atom stereocenters. The average Bonchev–Trinajstić information content (AvgIpc) is 2.63. The molecule has 0 aliphatic heterocycles. The lowest BCUT2D eigenvalue weighted by Crippen LogP contribution is -2.74. The van der Waals surface area contributed by atoms with Gasteiger partial charge in [0.2, 0.25) is 0 Å². The Kier molecular flexibility index (Phi) is 8.62. The van der Waals surface area contributed by atoms with Gasteiger partial charge in [-0.15, -0.1) is 11.6 Å². The molecule has 0 spiro atoms. The minimum absolute atomic E-state index is 0.290. The number of alkyl halides is 18. The molecule has 0 bridgehead atoms. The lowest BCUT2D eigenvalue weighted by Gasteiger charge is -2.42. The maximum atomic E-state index is 13.5. The van der Waals surface area contributed by atoms with E-state index in [-0.39, 0.29) is 6.42 Å². The minimum Gasteiger partial charge on any atom is -0.392 e. The monoisotopic (exact) mass is 566 g/mol. The number of allylic oxidation sites excluding steroid dienone is 1. The zero-order chi connectivity index (χ0) is 28.0. The summed E-state index contributed by atoms with van der Waals surface area (Å²) in [6.45, 7) is 1.15. The predicted molar refractivity (Wildman–Crippen MR) is 75.9 cm³/mol. The largest absolute Gasteiger partial charge is 0.473 e. The summed E-state index contributed by atoms with van der Waals surface area (Å²) >= 11 is 5.02. The quantitative estimate of drug-likeness (QED) is 0.122. The zero-order valence-electron chi connectivity index (χ0n) is 15.6. The van der Waals surface area contributed by atoms with Crippen LogP contribution in [0.2, 0.25) is 0 Å². The molecule has 0 aromatic carbocycles. The van der Waals surface area contributed by atoms with Crippen LogP contribution in [0.25, 0.3) is 0 Å². The van der Waals surface area contributed by atoms with Crippen molar-refractivity contribution in [1.82, 2.24) is 0 Å². The van der Waals surface area contributed by atoms with Crippen molar-refractivity contribution in [3.63, 3.8) is 0 Å². The van der Waals surface area contributed by atoms with Gasteiger partial charge in [-0.2, -0.15) is 74.6 Å². The van der Waals surface area contributed by atoms with E-state index in [4.69, 9.17) is 11.6 Å². The molecule has 0 aliphatic carbocycles. The highest BCUT2D eigenvalue weighted by Crippen LogP contribution is 2.64. The lowest BCUT2D eigenvalue weighted by molar-refractivity contribution is -0.473.